The number of benzene rings is 1. The minimum absolute atomic E-state index is 0.577. The Bertz CT molecular complexity index is 369. The first-order valence-electron chi connectivity index (χ1n) is 4.93. The van der Waals surface area contributed by atoms with Crippen LogP contribution in [0.25, 0.3) is 0 Å². The van der Waals surface area contributed by atoms with Gasteiger partial charge in [-0.3, -0.25) is 0 Å². The van der Waals surface area contributed by atoms with E-state index in [1.807, 2.05) is 19.1 Å². The molecule has 1 fully saturated rings. The fourth-order valence-electron chi connectivity index (χ4n) is 1.90. The zero-order chi connectivity index (χ0) is 11.1. The van der Waals surface area contributed by atoms with Crippen LogP contribution in [0.3, 0.4) is 0 Å². The molecule has 0 aliphatic carbocycles. The van der Waals surface area contributed by atoms with E-state index in [4.69, 9.17) is 10.5 Å². The number of hydrogen-bond donors (Lipinski definition) is 2. The van der Waals surface area contributed by atoms with Gasteiger partial charge in [0.25, 0.3) is 0 Å². The van der Waals surface area contributed by atoms with Gasteiger partial charge in [-0.25, -0.2) is 0 Å². The van der Waals surface area contributed by atoms with E-state index in [2.05, 4.69) is 4.90 Å². The van der Waals surface area contributed by atoms with Crippen LogP contribution in [0.15, 0.2) is 18.2 Å². The SMILES string of the molecule is COc1cc(N)ccc1N1CC(C)(O)C1. The normalized spacial score (nSPS) is 18.5. The highest BCUT2D eigenvalue weighted by Gasteiger charge is 2.37. The number of nitrogen functional groups attached to an aromatic ring is 1. The van der Waals surface area contributed by atoms with Crippen molar-refractivity contribution < 1.29 is 9.84 Å². The minimum Gasteiger partial charge on any atom is -0.495 e. The molecule has 1 aliphatic heterocycles. The van der Waals surface area contributed by atoms with Crippen molar-refractivity contribution in [1.29, 1.82) is 0 Å². The van der Waals surface area contributed by atoms with E-state index < -0.39 is 5.60 Å². The summed E-state index contributed by atoms with van der Waals surface area (Å²) in [6, 6.07) is 5.55. The lowest BCUT2D eigenvalue weighted by atomic mass is 9.96. The second-order valence-electron chi connectivity index (χ2n) is 4.28. The molecule has 1 saturated heterocycles. The molecule has 4 nitrogen and oxygen atoms in total. The topological polar surface area (TPSA) is 58.7 Å². The van der Waals surface area contributed by atoms with Crippen LogP contribution in [-0.2, 0) is 0 Å². The maximum atomic E-state index is 9.66. The van der Waals surface area contributed by atoms with E-state index in [9.17, 15) is 5.11 Å². The molecule has 0 spiro atoms. The van der Waals surface area contributed by atoms with Crippen molar-refractivity contribution in [2.45, 2.75) is 12.5 Å². The summed E-state index contributed by atoms with van der Waals surface area (Å²) >= 11 is 0. The highest BCUT2D eigenvalue weighted by molar-refractivity contribution is 5.65. The van der Waals surface area contributed by atoms with Crippen molar-refractivity contribution in [3.05, 3.63) is 18.2 Å². The lowest BCUT2D eigenvalue weighted by Gasteiger charge is -2.46. The summed E-state index contributed by atoms with van der Waals surface area (Å²) in [7, 11) is 1.62. The van der Waals surface area contributed by atoms with Crippen molar-refractivity contribution in [1.82, 2.24) is 0 Å². The van der Waals surface area contributed by atoms with Gasteiger partial charge >= 0.3 is 0 Å². The molecule has 0 aromatic heterocycles. The summed E-state index contributed by atoms with van der Waals surface area (Å²) < 4.78 is 5.25. The van der Waals surface area contributed by atoms with E-state index >= 15 is 0 Å². The van der Waals surface area contributed by atoms with Gasteiger partial charge in [0.2, 0.25) is 0 Å². The number of rotatable bonds is 2. The number of aliphatic hydroxyl groups is 1. The van der Waals surface area contributed by atoms with Gasteiger partial charge in [-0.2, -0.15) is 0 Å². The molecule has 0 unspecified atom stereocenters. The Hall–Kier alpha value is -1.42. The summed E-state index contributed by atoms with van der Waals surface area (Å²) in [5, 5.41) is 9.66. The Morgan fingerprint density at radius 2 is 2.13 bits per heavy atom. The standard InChI is InChI=1S/C11H16N2O2/c1-11(14)6-13(7-11)9-4-3-8(12)5-10(9)15-2/h3-5,14H,6-7,12H2,1-2H3. The predicted octanol–water partition coefficient (Wildman–Crippen LogP) is 0.848. The van der Waals surface area contributed by atoms with Gasteiger partial charge in [0, 0.05) is 24.8 Å². The van der Waals surface area contributed by atoms with Crippen molar-refractivity contribution >= 4 is 11.4 Å². The average molecular weight is 208 g/mol. The second kappa shape index (κ2) is 3.31. The van der Waals surface area contributed by atoms with Crippen molar-refractivity contribution in [3.8, 4) is 5.75 Å². The first-order chi connectivity index (χ1) is 7.02. The maximum Gasteiger partial charge on any atom is 0.144 e. The van der Waals surface area contributed by atoms with Crippen molar-refractivity contribution in [2.75, 3.05) is 30.8 Å². The van der Waals surface area contributed by atoms with E-state index in [1.165, 1.54) is 0 Å². The van der Waals surface area contributed by atoms with Gasteiger partial charge in [0.1, 0.15) is 5.75 Å². The molecule has 15 heavy (non-hydrogen) atoms. The third-order valence-corrected chi connectivity index (χ3v) is 2.61. The van der Waals surface area contributed by atoms with Gasteiger partial charge < -0.3 is 20.5 Å². The van der Waals surface area contributed by atoms with Gasteiger partial charge in [-0.05, 0) is 19.1 Å². The molecule has 0 amide bonds. The molecule has 3 N–H and O–H groups in total. The molecule has 0 atom stereocenters. The summed E-state index contributed by atoms with van der Waals surface area (Å²) in [6.07, 6.45) is 0. The number of methoxy groups -OCH3 is 1. The van der Waals surface area contributed by atoms with E-state index in [1.54, 1.807) is 13.2 Å². The third kappa shape index (κ3) is 1.85. The summed E-state index contributed by atoms with van der Waals surface area (Å²) in [6.45, 7) is 3.09. The van der Waals surface area contributed by atoms with Crippen LogP contribution in [0, 0.1) is 0 Å². The van der Waals surface area contributed by atoms with Gasteiger partial charge in [0.05, 0.1) is 18.4 Å². The lowest BCUT2D eigenvalue weighted by Crippen LogP contribution is -2.60. The molecule has 0 bridgehead atoms. The summed E-state index contributed by atoms with van der Waals surface area (Å²) in [5.74, 6) is 0.755. The van der Waals surface area contributed by atoms with Gasteiger partial charge in [0.15, 0.2) is 0 Å². The number of β-amino-alcohol motifs (C(OH)–C–C–N with tert-alkyl or cyclic N) is 1. The average Bonchev–Trinajstić information content (AvgIpc) is 2.14. The smallest absolute Gasteiger partial charge is 0.144 e. The Balaban J connectivity index is 2.22. The lowest BCUT2D eigenvalue weighted by molar-refractivity contribution is 0.0308. The Kier molecular flexibility index (Phi) is 2.23. The molecular weight excluding hydrogens is 192 g/mol. The first kappa shape index (κ1) is 10.1. The third-order valence-electron chi connectivity index (χ3n) is 2.61. The molecular formula is C11H16N2O2. The molecule has 0 radical (unpaired) electrons. The number of ether oxygens (including phenoxy) is 1. The predicted molar refractivity (Wildman–Crippen MR) is 60.2 cm³/mol. The van der Waals surface area contributed by atoms with E-state index in [0.29, 0.717) is 18.8 Å². The molecule has 1 aromatic carbocycles. The second-order valence-corrected chi connectivity index (χ2v) is 4.28. The van der Waals surface area contributed by atoms with Crippen LogP contribution >= 0.6 is 0 Å². The zero-order valence-electron chi connectivity index (χ0n) is 9.03. The highest BCUT2D eigenvalue weighted by Crippen LogP contribution is 2.35. The van der Waals surface area contributed by atoms with Gasteiger partial charge in [-0.1, -0.05) is 0 Å². The van der Waals surface area contributed by atoms with Crippen LogP contribution in [-0.4, -0.2) is 30.9 Å². The van der Waals surface area contributed by atoms with Crippen LogP contribution in [0.1, 0.15) is 6.92 Å². The van der Waals surface area contributed by atoms with Crippen molar-refractivity contribution in [3.63, 3.8) is 0 Å². The molecule has 1 heterocycles. The van der Waals surface area contributed by atoms with E-state index in [0.717, 1.165) is 11.4 Å². The highest BCUT2D eigenvalue weighted by atomic mass is 16.5. The largest absolute Gasteiger partial charge is 0.495 e. The maximum absolute atomic E-state index is 9.66. The van der Waals surface area contributed by atoms with Crippen LogP contribution in [0.2, 0.25) is 0 Å². The fraction of sp³-hybridized carbons (Fsp3) is 0.455. The Labute approximate surface area is 89.3 Å². The minimum atomic E-state index is -0.577. The summed E-state index contributed by atoms with van der Waals surface area (Å²) in [4.78, 5) is 2.07. The molecule has 82 valence electrons. The molecule has 2 rings (SSSR count). The quantitative estimate of drug-likeness (QED) is 0.707. The molecule has 1 aromatic rings. The Morgan fingerprint density at radius 1 is 1.47 bits per heavy atom. The first-order valence-corrected chi connectivity index (χ1v) is 4.93. The van der Waals surface area contributed by atoms with Crippen LogP contribution < -0.4 is 15.4 Å². The van der Waals surface area contributed by atoms with Crippen LogP contribution in [0.4, 0.5) is 11.4 Å². The molecule has 1 aliphatic rings. The summed E-state index contributed by atoms with van der Waals surface area (Å²) in [5.41, 5.74) is 6.76. The van der Waals surface area contributed by atoms with Crippen LogP contribution in [0.5, 0.6) is 5.75 Å². The molecule has 4 heteroatoms. The molecule has 0 saturated carbocycles. The monoisotopic (exact) mass is 208 g/mol. The fourth-order valence-corrected chi connectivity index (χ4v) is 1.90. The Morgan fingerprint density at radius 3 is 2.67 bits per heavy atom. The zero-order valence-corrected chi connectivity index (χ0v) is 9.03. The number of hydrogen-bond acceptors (Lipinski definition) is 4. The van der Waals surface area contributed by atoms with E-state index in [-0.39, 0.29) is 0 Å². The number of anilines is 2. The van der Waals surface area contributed by atoms with Gasteiger partial charge in [-0.15, -0.1) is 0 Å². The number of nitrogens with two attached hydrogens (primary N) is 1. The van der Waals surface area contributed by atoms with Crippen molar-refractivity contribution in [2.24, 2.45) is 0 Å². The number of nitrogens with zero attached hydrogens (tertiary/aromatic N) is 1.